The lowest BCUT2D eigenvalue weighted by Crippen LogP contribution is -2.46. The van der Waals surface area contributed by atoms with Crippen molar-refractivity contribution < 1.29 is 17.6 Å². The highest BCUT2D eigenvalue weighted by molar-refractivity contribution is 7.92. The molecule has 0 heterocycles. The molecule has 0 radical (unpaired) electrons. The summed E-state index contributed by atoms with van der Waals surface area (Å²) in [6.07, 6.45) is 1.29. The van der Waals surface area contributed by atoms with Crippen molar-refractivity contribution in [2.75, 3.05) is 15.9 Å². The Kier molecular flexibility index (Phi) is 6.02. The van der Waals surface area contributed by atoms with Gasteiger partial charge in [0.25, 0.3) is 0 Å². The summed E-state index contributed by atoms with van der Waals surface area (Å²) in [7, 11) is -3.72. The second-order valence-electron chi connectivity index (χ2n) is 5.46. The van der Waals surface area contributed by atoms with Gasteiger partial charge >= 0.3 is 0 Å². The van der Waals surface area contributed by atoms with Crippen molar-refractivity contribution in [2.24, 2.45) is 0 Å². The maximum absolute atomic E-state index is 13.0. The van der Waals surface area contributed by atoms with Crippen molar-refractivity contribution in [3.8, 4) is 0 Å². The lowest BCUT2D eigenvalue weighted by atomic mass is 10.2. The van der Waals surface area contributed by atoms with E-state index < -0.39 is 27.8 Å². The molecule has 0 aromatic heterocycles. The molecule has 0 aliphatic heterocycles. The first kappa shape index (κ1) is 19.2. The molecule has 2 aromatic rings. The number of halogens is 2. The zero-order valence-electron chi connectivity index (χ0n) is 13.7. The lowest BCUT2D eigenvalue weighted by Gasteiger charge is -2.30. The van der Waals surface area contributed by atoms with Crippen molar-refractivity contribution in [1.82, 2.24) is 0 Å². The first-order chi connectivity index (χ1) is 11.7. The summed E-state index contributed by atoms with van der Waals surface area (Å²) < 4.78 is 38.6. The van der Waals surface area contributed by atoms with Gasteiger partial charge in [-0.2, -0.15) is 0 Å². The average molecular weight is 385 g/mol. The van der Waals surface area contributed by atoms with Crippen LogP contribution in [0.2, 0.25) is 5.02 Å². The second kappa shape index (κ2) is 7.84. The molecule has 1 amide bonds. The molecule has 0 unspecified atom stereocenters. The minimum absolute atomic E-state index is 0.253. The van der Waals surface area contributed by atoms with Crippen molar-refractivity contribution in [2.45, 2.75) is 19.4 Å². The van der Waals surface area contributed by atoms with E-state index in [0.29, 0.717) is 16.4 Å². The van der Waals surface area contributed by atoms with Gasteiger partial charge in [-0.1, -0.05) is 18.5 Å². The van der Waals surface area contributed by atoms with E-state index in [1.807, 2.05) is 0 Å². The predicted molar refractivity (Wildman–Crippen MR) is 97.9 cm³/mol. The van der Waals surface area contributed by atoms with Gasteiger partial charge in [0, 0.05) is 10.7 Å². The van der Waals surface area contributed by atoms with Gasteiger partial charge in [0.05, 0.1) is 11.9 Å². The Morgan fingerprint density at radius 1 is 1.16 bits per heavy atom. The maximum Gasteiger partial charge on any atom is 0.248 e. The average Bonchev–Trinajstić information content (AvgIpc) is 2.54. The quantitative estimate of drug-likeness (QED) is 0.826. The largest absolute Gasteiger partial charge is 0.324 e. The zero-order valence-corrected chi connectivity index (χ0v) is 15.3. The van der Waals surface area contributed by atoms with Gasteiger partial charge < -0.3 is 5.32 Å². The molecule has 1 N–H and O–H groups in total. The normalized spacial score (nSPS) is 12.5. The molecule has 0 aliphatic carbocycles. The monoisotopic (exact) mass is 384 g/mol. The fourth-order valence-electron chi connectivity index (χ4n) is 2.41. The summed E-state index contributed by atoms with van der Waals surface area (Å²) in [5.74, 6) is -0.932. The highest BCUT2D eigenvalue weighted by Crippen LogP contribution is 2.25. The number of carbonyl (C=O) groups is 1. The van der Waals surface area contributed by atoms with Crippen LogP contribution in [0.15, 0.2) is 48.5 Å². The van der Waals surface area contributed by atoms with Crippen LogP contribution in [-0.4, -0.2) is 26.6 Å². The van der Waals surface area contributed by atoms with Crippen LogP contribution in [0.5, 0.6) is 0 Å². The van der Waals surface area contributed by atoms with Crippen LogP contribution >= 0.6 is 11.6 Å². The summed E-state index contributed by atoms with van der Waals surface area (Å²) in [5.41, 5.74) is 0.724. The minimum atomic E-state index is -3.72. The second-order valence-corrected chi connectivity index (χ2v) is 7.75. The summed E-state index contributed by atoms with van der Waals surface area (Å²) >= 11 is 5.85. The summed E-state index contributed by atoms with van der Waals surface area (Å²) in [4.78, 5) is 12.6. The van der Waals surface area contributed by atoms with Crippen molar-refractivity contribution in [1.29, 1.82) is 0 Å². The van der Waals surface area contributed by atoms with Gasteiger partial charge in [0.15, 0.2) is 0 Å². The van der Waals surface area contributed by atoms with E-state index in [9.17, 15) is 17.6 Å². The van der Waals surface area contributed by atoms with Gasteiger partial charge in [0.2, 0.25) is 15.9 Å². The van der Waals surface area contributed by atoms with E-state index in [0.717, 1.165) is 10.6 Å². The zero-order chi connectivity index (χ0) is 18.6. The molecule has 5 nitrogen and oxygen atoms in total. The molecule has 0 saturated carbocycles. The number of rotatable bonds is 6. The van der Waals surface area contributed by atoms with Gasteiger partial charge in [-0.25, -0.2) is 12.8 Å². The maximum atomic E-state index is 13.0. The third kappa shape index (κ3) is 4.93. The lowest BCUT2D eigenvalue weighted by molar-refractivity contribution is -0.117. The van der Waals surface area contributed by atoms with Crippen LogP contribution in [0.4, 0.5) is 15.8 Å². The fourth-order valence-corrected chi connectivity index (χ4v) is 3.74. The highest BCUT2D eigenvalue weighted by Gasteiger charge is 2.31. The van der Waals surface area contributed by atoms with E-state index in [-0.39, 0.29) is 6.42 Å². The number of anilines is 2. The first-order valence-corrected chi connectivity index (χ1v) is 9.76. The molecule has 8 heteroatoms. The van der Waals surface area contributed by atoms with Crippen LogP contribution in [-0.2, 0) is 14.8 Å². The van der Waals surface area contributed by atoms with Crippen LogP contribution < -0.4 is 9.62 Å². The molecule has 0 bridgehead atoms. The van der Waals surface area contributed by atoms with E-state index >= 15 is 0 Å². The fraction of sp³-hybridized carbons (Fsp3) is 0.235. The molecule has 0 aliphatic rings. The third-order valence-electron chi connectivity index (χ3n) is 3.52. The number of amides is 1. The smallest absolute Gasteiger partial charge is 0.248 e. The number of benzene rings is 2. The number of hydrogen-bond donors (Lipinski definition) is 1. The van der Waals surface area contributed by atoms with Crippen molar-refractivity contribution in [3.05, 3.63) is 59.4 Å². The Hall–Kier alpha value is -2.12. The Balaban J connectivity index is 2.34. The topological polar surface area (TPSA) is 66.5 Å². The number of nitrogens with one attached hydrogen (secondary N) is 1. The first-order valence-electron chi connectivity index (χ1n) is 7.53. The molecular formula is C17H18ClFN2O3S. The molecule has 1 atom stereocenters. The summed E-state index contributed by atoms with van der Waals surface area (Å²) in [6, 6.07) is 10.5. The van der Waals surface area contributed by atoms with Gasteiger partial charge in [0.1, 0.15) is 11.9 Å². The summed E-state index contributed by atoms with van der Waals surface area (Å²) in [6.45, 7) is 1.71. The molecule has 134 valence electrons. The SMILES string of the molecule is CC[C@@H](C(=O)Nc1ccc(F)cc1)N(c1ccc(Cl)cc1)S(C)(=O)=O. The molecule has 0 spiro atoms. The van der Waals surface area contributed by atoms with Gasteiger partial charge in [-0.3, -0.25) is 9.10 Å². The van der Waals surface area contributed by atoms with E-state index in [4.69, 9.17) is 11.6 Å². The number of hydrogen-bond acceptors (Lipinski definition) is 3. The Bertz CT molecular complexity index is 839. The molecule has 0 saturated heterocycles. The number of carbonyl (C=O) groups excluding carboxylic acids is 1. The molecular weight excluding hydrogens is 367 g/mol. The van der Waals surface area contributed by atoms with Crippen molar-refractivity contribution in [3.63, 3.8) is 0 Å². The van der Waals surface area contributed by atoms with Crippen molar-refractivity contribution >= 4 is 38.9 Å². The van der Waals surface area contributed by atoms with Crippen LogP contribution in [0, 0.1) is 5.82 Å². The predicted octanol–water partition coefficient (Wildman–Crippen LogP) is 3.66. The van der Waals surface area contributed by atoms with Crippen LogP contribution in [0.1, 0.15) is 13.3 Å². The minimum Gasteiger partial charge on any atom is -0.324 e. The molecule has 25 heavy (non-hydrogen) atoms. The van der Waals surface area contributed by atoms with Gasteiger partial charge in [-0.15, -0.1) is 0 Å². The molecule has 2 rings (SSSR count). The number of sulfonamides is 1. The Morgan fingerprint density at radius 3 is 2.20 bits per heavy atom. The third-order valence-corrected chi connectivity index (χ3v) is 4.95. The van der Waals surface area contributed by atoms with Gasteiger partial charge in [-0.05, 0) is 55.0 Å². The Labute approximate surface area is 151 Å². The molecule has 2 aromatic carbocycles. The van der Waals surface area contributed by atoms with E-state index in [1.165, 1.54) is 36.4 Å². The van der Waals surface area contributed by atoms with Crippen LogP contribution in [0.25, 0.3) is 0 Å². The summed E-state index contributed by atoms with van der Waals surface area (Å²) in [5, 5.41) is 3.08. The molecule has 0 fully saturated rings. The van der Waals surface area contributed by atoms with Crippen LogP contribution in [0.3, 0.4) is 0 Å². The highest BCUT2D eigenvalue weighted by atomic mass is 35.5. The van der Waals surface area contributed by atoms with E-state index in [2.05, 4.69) is 5.32 Å². The standard InChI is InChI=1S/C17H18ClFN2O3S/c1-3-16(17(22)20-14-8-6-13(19)7-9-14)21(25(2,23)24)15-10-4-12(18)5-11-15/h4-11,16H,3H2,1-2H3,(H,20,22)/t16-/m0/s1. The van der Waals surface area contributed by atoms with E-state index in [1.54, 1.807) is 19.1 Å². The number of nitrogens with zero attached hydrogens (tertiary/aromatic N) is 1. The Morgan fingerprint density at radius 2 is 1.72 bits per heavy atom.